The van der Waals surface area contributed by atoms with Gasteiger partial charge in [0.05, 0.1) is 28.6 Å². The van der Waals surface area contributed by atoms with Gasteiger partial charge in [-0.1, -0.05) is 6.92 Å². The van der Waals surface area contributed by atoms with Crippen LogP contribution in [-0.2, 0) is 4.79 Å². The number of fused-ring (bicyclic) bond motifs is 2. The van der Waals surface area contributed by atoms with Gasteiger partial charge in [0.1, 0.15) is 23.4 Å². The van der Waals surface area contributed by atoms with Crippen LogP contribution in [0.1, 0.15) is 25.5 Å². The minimum Gasteiger partial charge on any atom is -0.336 e. The van der Waals surface area contributed by atoms with E-state index in [4.69, 9.17) is 4.98 Å². The molecule has 0 aliphatic carbocycles. The predicted molar refractivity (Wildman–Crippen MR) is 138 cm³/mol. The molecule has 184 valence electrons. The second-order valence-electron chi connectivity index (χ2n) is 8.75. The molecule has 6 aromatic rings. The van der Waals surface area contributed by atoms with Gasteiger partial charge < -0.3 is 10.3 Å². The van der Waals surface area contributed by atoms with Crippen LogP contribution in [0.4, 0.5) is 10.1 Å². The van der Waals surface area contributed by atoms with Gasteiger partial charge in [-0.05, 0) is 31.5 Å². The third kappa shape index (κ3) is 4.10. The fourth-order valence-corrected chi connectivity index (χ4v) is 4.31. The van der Waals surface area contributed by atoms with Crippen molar-refractivity contribution in [1.29, 1.82) is 0 Å². The van der Waals surface area contributed by atoms with Gasteiger partial charge in [0.25, 0.3) is 0 Å². The first-order chi connectivity index (χ1) is 18.0. The Morgan fingerprint density at radius 3 is 2.86 bits per heavy atom. The van der Waals surface area contributed by atoms with Crippen LogP contribution in [0.3, 0.4) is 0 Å². The molecule has 0 aliphatic rings. The summed E-state index contributed by atoms with van der Waals surface area (Å²) in [5.74, 6) is 0.607. The van der Waals surface area contributed by atoms with Gasteiger partial charge in [0, 0.05) is 47.6 Å². The maximum Gasteiger partial charge on any atom is 0.224 e. The molecular formula is C26H22FN9O. The van der Waals surface area contributed by atoms with Crippen LogP contribution >= 0.6 is 0 Å². The van der Waals surface area contributed by atoms with Gasteiger partial charge in [-0.2, -0.15) is 5.10 Å². The van der Waals surface area contributed by atoms with Gasteiger partial charge in [0.2, 0.25) is 5.91 Å². The van der Waals surface area contributed by atoms with E-state index in [9.17, 15) is 4.79 Å². The zero-order chi connectivity index (χ0) is 25.5. The van der Waals surface area contributed by atoms with Crippen molar-refractivity contribution in [1.82, 2.24) is 39.7 Å². The Bertz CT molecular complexity index is 1780. The Labute approximate surface area is 210 Å². The highest BCUT2D eigenvalue weighted by Gasteiger charge is 2.18. The van der Waals surface area contributed by atoms with Gasteiger partial charge in [-0.15, -0.1) is 0 Å². The normalized spacial score (nSPS) is 11.4. The van der Waals surface area contributed by atoms with Crippen molar-refractivity contribution in [3.63, 3.8) is 0 Å². The molecule has 0 saturated carbocycles. The number of hydrogen-bond acceptors (Lipinski definition) is 6. The number of anilines is 1. The maximum absolute atomic E-state index is 15.1. The largest absolute Gasteiger partial charge is 0.336 e. The zero-order valence-electron chi connectivity index (χ0n) is 20.1. The van der Waals surface area contributed by atoms with E-state index in [2.05, 4.69) is 35.5 Å². The van der Waals surface area contributed by atoms with Crippen molar-refractivity contribution < 1.29 is 9.18 Å². The summed E-state index contributed by atoms with van der Waals surface area (Å²) in [5, 5.41) is 10.8. The van der Waals surface area contributed by atoms with Gasteiger partial charge in [-0.25, -0.2) is 19.3 Å². The first-order valence-corrected chi connectivity index (χ1v) is 11.8. The Kier molecular flexibility index (Phi) is 5.44. The minimum absolute atomic E-state index is 0.112. The lowest BCUT2D eigenvalue weighted by Gasteiger charge is -2.08. The summed E-state index contributed by atoms with van der Waals surface area (Å²) in [7, 11) is 0. The molecule has 0 fully saturated rings. The molecule has 0 unspecified atom stereocenters. The van der Waals surface area contributed by atoms with Crippen molar-refractivity contribution in [3.8, 4) is 28.5 Å². The second kappa shape index (κ2) is 8.94. The molecule has 11 heteroatoms. The summed E-state index contributed by atoms with van der Waals surface area (Å²) in [4.78, 5) is 33.0. The van der Waals surface area contributed by atoms with Crippen LogP contribution in [0.25, 0.3) is 50.4 Å². The van der Waals surface area contributed by atoms with Crippen LogP contribution in [0.15, 0.2) is 55.4 Å². The lowest BCUT2D eigenvalue weighted by atomic mass is 10.0. The number of nitrogens with zero attached hydrogens (tertiary/aromatic N) is 6. The summed E-state index contributed by atoms with van der Waals surface area (Å²) >= 11 is 0. The molecule has 10 nitrogen and oxygen atoms in total. The molecule has 0 spiro atoms. The maximum atomic E-state index is 15.1. The number of rotatable bonds is 6. The summed E-state index contributed by atoms with van der Waals surface area (Å²) < 4.78 is 17.0. The number of carbonyl (C=O) groups is 1. The van der Waals surface area contributed by atoms with E-state index in [-0.39, 0.29) is 5.91 Å². The number of imidazole rings is 2. The van der Waals surface area contributed by atoms with Crippen LogP contribution in [0, 0.1) is 12.7 Å². The molecule has 0 radical (unpaired) electrons. The van der Waals surface area contributed by atoms with Crippen molar-refractivity contribution in [2.45, 2.75) is 26.7 Å². The summed E-state index contributed by atoms with van der Waals surface area (Å²) in [5.41, 5.74) is 4.76. The number of aromatic amines is 2. The average molecular weight is 496 g/mol. The molecule has 1 aromatic carbocycles. The van der Waals surface area contributed by atoms with Crippen molar-refractivity contribution >= 4 is 33.5 Å². The van der Waals surface area contributed by atoms with Gasteiger partial charge in [0.15, 0.2) is 11.6 Å². The molecule has 5 aromatic heterocycles. The monoisotopic (exact) mass is 495 g/mol. The minimum atomic E-state index is -0.437. The van der Waals surface area contributed by atoms with Crippen LogP contribution in [0.2, 0.25) is 0 Å². The van der Waals surface area contributed by atoms with Crippen molar-refractivity contribution in [2.75, 3.05) is 5.32 Å². The Hall–Kier alpha value is -4.93. The number of aromatic nitrogens is 8. The first-order valence-electron chi connectivity index (χ1n) is 11.8. The number of nitrogens with one attached hydrogen (secondary N) is 3. The smallest absolute Gasteiger partial charge is 0.224 e. The SMILES string of the molecule is CCCC(=O)Nc1cncc(-c2cc3c(-c4nc5c(-n6cnc(C)c6)nccc5[nH]4)n[nH]c3cc2F)c1. The average Bonchev–Trinajstić information content (AvgIpc) is 3.61. The number of benzene rings is 1. The quantitative estimate of drug-likeness (QED) is 0.300. The van der Waals surface area contributed by atoms with Gasteiger partial charge in [-0.3, -0.25) is 19.4 Å². The molecule has 37 heavy (non-hydrogen) atoms. The lowest BCUT2D eigenvalue weighted by molar-refractivity contribution is -0.116. The molecule has 5 heterocycles. The number of hydrogen-bond donors (Lipinski definition) is 3. The molecule has 3 N–H and O–H groups in total. The highest BCUT2D eigenvalue weighted by atomic mass is 19.1. The third-order valence-corrected chi connectivity index (χ3v) is 6.02. The van der Waals surface area contributed by atoms with Crippen molar-refractivity contribution in [2.24, 2.45) is 0 Å². The number of amides is 1. The van der Waals surface area contributed by atoms with Crippen LogP contribution in [-0.4, -0.2) is 45.6 Å². The molecular weight excluding hydrogens is 473 g/mol. The van der Waals surface area contributed by atoms with Gasteiger partial charge >= 0.3 is 0 Å². The molecule has 6 rings (SSSR count). The summed E-state index contributed by atoms with van der Waals surface area (Å²) in [6.45, 7) is 3.84. The number of pyridine rings is 2. The van der Waals surface area contributed by atoms with E-state index in [1.54, 1.807) is 37.1 Å². The molecule has 0 aliphatic heterocycles. The Morgan fingerprint density at radius 2 is 2.05 bits per heavy atom. The molecule has 0 atom stereocenters. The third-order valence-electron chi connectivity index (χ3n) is 6.02. The zero-order valence-corrected chi connectivity index (χ0v) is 20.1. The number of halogens is 1. The Balaban J connectivity index is 1.43. The van der Waals surface area contributed by atoms with Crippen molar-refractivity contribution in [3.05, 3.63) is 66.9 Å². The molecule has 0 saturated heterocycles. The lowest BCUT2D eigenvalue weighted by Crippen LogP contribution is -2.10. The summed E-state index contributed by atoms with van der Waals surface area (Å²) in [6.07, 6.45) is 9.50. The second-order valence-corrected chi connectivity index (χ2v) is 8.75. The summed E-state index contributed by atoms with van der Waals surface area (Å²) in [6, 6.07) is 6.65. The highest BCUT2D eigenvalue weighted by molar-refractivity contribution is 5.97. The predicted octanol–water partition coefficient (Wildman–Crippen LogP) is 4.94. The Morgan fingerprint density at radius 1 is 1.16 bits per heavy atom. The highest BCUT2D eigenvalue weighted by Crippen LogP contribution is 2.33. The fraction of sp³-hybridized carbons (Fsp3) is 0.154. The molecule has 1 amide bonds. The van der Waals surface area contributed by atoms with E-state index in [1.807, 2.05) is 30.7 Å². The van der Waals surface area contributed by atoms with E-state index >= 15 is 4.39 Å². The topological polar surface area (TPSA) is 130 Å². The van der Waals surface area contributed by atoms with Crippen LogP contribution in [0.5, 0.6) is 0 Å². The van der Waals surface area contributed by atoms with Crippen LogP contribution < -0.4 is 5.32 Å². The number of H-pyrrole nitrogens is 2. The van der Waals surface area contributed by atoms with E-state index in [1.165, 1.54) is 6.07 Å². The van der Waals surface area contributed by atoms with E-state index < -0.39 is 5.82 Å². The first kappa shape index (κ1) is 22.5. The van der Waals surface area contributed by atoms with E-state index in [0.29, 0.717) is 57.0 Å². The standard InChI is InChI=1S/C26H22FN9O/c1-3-4-22(37)31-16-7-15(10-28-11-16)17-8-18-21(9-19(17)27)34-35-23(18)25-32-20-5-6-29-26(24(20)33-25)36-12-14(2)30-13-36/h5-13H,3-4H2,1-2H3,(H,31,37)(H,32,33)(H,34,35). The fourth-order valence-electron chi connectivity index (χ4n) is 4.31. The van der Waals surface area contributed by atoms with E-state index in [0.717, 1.165) is 17.6 Å². The number of carbonyl (C=O) groups excluding carboxylic acids is 1. The number of aryl methyl sites for hydroxylation is 1. The molecule has 0 bridgehead atoms.